The van der Waals surface area contributed by atoms with Crippen LogP contribution in [0.5, 0.6) is 0 Å². The molecule has 1 saturated heterocycles. The second-order valence-electron chi connectivity index (χ2n) is 6.15. The summed E-state index contributed by atoms with van der Waals surface area (Å²) < 4.78 is 0. The third kappa shape index (κ3) is 3.18. The Balaban J connectivity index is 1.81. The summed E-state index contributed by atoms with van der Waals surface area (Å²) in [7, 11) is 0. The van der Waals surface area contributed by atoms with E-state index in [0.29, 0.717) is 5.41 Å². The lowest BCUT2D eigenvalue weighted by Crippen LogP contribution is -2.53. The van der Waals surface area contributed by atoms with Crippen molar-refractivity contribution in [2.24, 2.45) is 11.3 Å². The molecule has 0 spiro atoms. The fourth-order valence-electron chi connectivity index (χ4n) is 2.52. The maximum Gasteiger partial charge on any atom is 0.0223 e. The maximum absolute atomic E-state index is 3.67. The van der Waals surface area contributed by atoms with Gasteiger partial charge in [-0.1, -0.05) is 20.8 Å². The highest BCUT2D eigenvalue weighted by Gasteiger charge is 2.34. The molecule has 1 atom stereocenters. The average molecular weight is 210 g/mol. The van der Waals surface area contributed by atoms with Gasteiger partial charge < -0.3 is 5.32 Å². The van der Waals surface area contributed by atoms with Crippen molar-refractivity contribution in [1.82, 2.24) is 10.2 Å². The second-order valence-corrected chi connectivity index (χ2v) is 6.15. The molecule has 0 radical (unpaired) electrons. The molecule has 2 rings (SSSR count). The molecule has 0 amide bonds. The molecule has 0 aromatic carbocycles. The molecule has 1 heterocycles. The van der Waals surface area contributed by atoms with E-state index in [1.807, 2.05) is 0 Å². The smallest absolute Gasteiger partial charge is 0.0223 e. The van der Waals surface area contributed by atoms with E-state index in [1.165, 1.54) is 45.4 Å². The van der Waals surface area contributed by atoms with Crippen LogP contribution in [0.4, 0.5) is 0 Å². The first-order valence-corrected chi connectivity index (χ1v) is 6.56. The first-order chi connectivity index (χ1) is 7.11. The minimum absolute atomic E-state index is 0.492. The fourth-order valence-corrected chi connectivity index (χ4v) is 2.52. The zero-order valence-corrected chi connectivity index (χ0v) is 10.6. The summed E-state index contributed by atoms with van der Waals surface area (Å²) in [6.45, 7) is 12.1. The van der Waals surface area contributed by atoms with Crippen LogP contribution in [0.3, 0.4) is 0 Å². The minimum atomic E-state index is 0.492. The number of rotatable bonds is 4. The third-order valence-corrected chi connectivity index (χ3v) is 4.09. The number of nitrogens with zero attached hydrogens (tertiary/aromatic N) is 1. The summed E-state index contributed by atoms with van der Waals surface area (Å²) in [6, 6.07) is 0.798. The van der Waals surface area contributed by atoms with E-state index < -0.39 is 0 Å². The van der Waals surface area contributed by atoms with E-state index >= 15 is 0 Å². The maximum atomic E-state index is 3.67. The Kier molecular flexibility index (Phi) is 3.36. The lowest BCUT2D eigenvalue weighted by atomic mass is 9.89. The predicted octanol–water partition coefficient (Wildman–Crippen LogP) is 2.11. The second kappa shape index (κ2) is 4.42. The van der Waals surface area contributed by atoms with Crippen LogP contribution >= 0.6 is 0 Å². The Hall–Kier alpha value is -0.0800. The molecule has 0 aromatic rings. The van der Waals surface area contributed by atoms with Gasteiger partial charge in [0.2, 0.25) is 0 Å². The van der Waals surface area contributed by atoms with Crippen LogP contribution < -0.4 is 5.32 Å². The summed E-state index contributed by atoms with van der Waals surface area (Å²) in [5.74, 6) is 0.998. The molecule has 88 valence electrons. The van der Waals surface area contributed by atoms with Crippen molar-refractivity contribution in [3.63, 3.8) is 0 Å². The van der Waals surface area contributed by atoms with E-state index in [0.717, 1.165) is 12.0 Å². The lowest BCUT2D eigenvalue weighted by molar-refractivity contribution is 0.128. The Morgan fingerprint density at radius 1 is 1.33 bits per heavy atom. The Morgan fingerprint density at radius 2 is 2.07 bits per heavy atom. The number of nitrogens with one attached hydrogen (secondary N) is 1. The molecule has 2 aliphatic rings. The summed E-state index contributed by atoms with van der Waals surface area (Å²) in [4.78, 5) is 2.67. The monoisotopic (exact) mass is 210 g/mol. The first kappa shape index (κ1) is 11.4. The van der Waals surface area contributed by atoms with Crippen LogP contribution in [-0.4, -0.2) is 37.1 Å². The van der Waals surface area contributed by atoms with E-state index in [2.05, 4.69) is 31.0 Å². The number of hydrogen-bond donors (Lipinski definition) is 1. The number of hydrogen-bond acceptors (Lipinski definition) is 2. The van der Waals surface area contributed by atoms with Gasteiger partial charge in [-0.25, -0.2) is 0 Å². The van der Waals surface area contributed by atoms with Gasteiger partial charge in [-0.05, 0) is 30.6 Å². The Morgan fingerprint density at radius 3 is 2.67 bits per heavy atom. The third-order valence-electron chi connectivity index (χ3n) is 4.09. The zero-order valence-electron chi connectivity index (χ0n) is 10.6. The van der Waals surface area contributed by atoms with Gasteiger partial charge in [-0.2, -0.15) is 0 Å². The van der Waals surface area contributed by atoms with Crippen molar-refractivity contribution >= 4 is 0 Å². The molecular weight excluding hydrogens is 184 g/mol. The molecule has 15 heavy (non-hydrogen) atoms. The highest BCUT2D eigenvalue weighted by Crippen LogP contribution is 2.34. The van der Waals surface area contributed by atoms with E-state index in [1.54, 1.807) is 0 Å². The topological polar surface area (TPSA) is 15.3 Å². The van der Waals surface area contributed by atoms with Gasteiger partial charge in [0, 0.05) is 32.2 Å². The van der Waals surface area contributed by atoms with Crippen molar-refractivity contribution in [2.75, 3.05) is 26.2 Å². The van der Waals surface area contributed by atoms with Crippen LogP contribution in [-0.2, 0) is 0 Å². The first-order valence-electron chi connectivity index (χ1n) is 6.56. The SMILES string of the molecule is CCC(C)(C)CN1CCNC(C2CC2)C1. The van der Waals surface area contributed by atoms with E-state index in [9.17, 15) is 0 Å². The molecule has 0 bridgehead atoms. The molecule has 1 saturated carbocycles. The standard InChI is InChI=1S/C13H26N2/c1-4-13(2,3)10-15-8-7-14-12(9-15)11-5-6-11/h11-12,14H,4-10H2,1-3H3. The lowest BCUT2D eigenvalue weighted by Gasteiger charge is -2.38. The molecule has 0 aromatic heterocycles. The molecular formula is C13H26N2. The zero-order chi connectivity index (χ0) is 10.9. The summed E-state index contributed by atoms with van der Waals surface area (Å²) in [6.07, 6.45) is 4.20. The largest absolute Gasteiger partial charge is 0.311 e. The molecule has 2 nitrogen and oxygen atoms in total. The molecule has 1 aliphatic heterocycles. The van der Waals surface area contributed by atoms with Crippen molar-refractivity contribution in [3.05, 3.63) is 0 Å². The van der Waals surface area contributed by atoms with E-state index in [4.69, 9.17) is 0 Å². The summed E-state index contributed by atoms with van der Waals surface area (Å²) in [5, 5.41) is 3.67. The molecule has 2 fully saturated rings. The Labute approximate surface area is 94.4 Å². The Bertz CT molecular complexity index is 209. The van der Waals surface area contributed by atoms with Gasteiger partial charge in [-0.3, -0.25) is 4.90 Å². The molecule has 2 heteroatoms. The minimum Gasteiger partial charge on any atom is -0.311 e. The van der Waals surface area contributed by atoms with Crippen molar-refractivity contribution in [3.8, 4) is 0 Å². The van der Waals surface area contributed by atoms with Gasteiger partial charge >= 0.3 is 0 Å². The van der Waals surface area contributed by atoms with Gasteiger partial charge in [0.25, 0.3) is 0 Å². The highest BCUT2D eigenvalue weighted by atomic mass is 15.2. The van der Waals surface area contributed by atoms with Gasteiger partial charge in [-0.15, -0.1) is 0 Å². The van der Waals surface area contributed by atoms with Crippen LogP contribution in [0.2, 0.25) is 0 Å². The summed E-state index contributed by atoms with van der Waals surface area (Å²) in [5.41, 5.74) is 0.492. The van der Waals surface area contributed by atoms with E-state index in [-0.39, 0.29) is 0 Å². The van der Waals surface area contributed by atoms with Crippen molar-refractivity contribution in [2.45, 2.75) is 46.1 Å². The van der Waals surface area contributed by atoms with Crippen LogP contribution in [0.15, 0.2) is 0 Å². The average Bonchev–Trinajstić information content (AvgIpc) is 3.01. The van der Waals surface area contributed by atoms with Crippen LogP contribution in [0, 0.1) is 11.3 Å². The van der Waals surface area contributed by atoms with Gasteiger partial charge in [0.1, 0.15) is 0 Å². The van der Waals surface area contributed by atoms with Crippen LogP contribution in [0.1, 0.15) is 40.0 Å². The van der Waals surface area contributed by atoms with Gasteiger partial charge in [0.15, 0.2) is 0 Å². The predicted molar refractivity (Wildman–Crippen MR) is 65.0 cm³/mol. The number of piperazine rings is 1. The quantitative estimate of drug-likeness (QED) is 0.764. The van der Waals surface area contributed by atoms with Crippen LogP contribution in [0.25, 0.3) is 0 Å². The molecule has 1 unspecified atom stereocenters. The normalized spacial score (nSPS) is 29.4. The van der Waals surface area contributed by atoms with Gasteiger partial charge in [0.05, 0.1) is 0 Å². The highest BCUT2D eigenvalue weighted by molar-refractivity contribution is 4.92. The molecule has 1 N–H and O–H groups in total. The molecule has 1 aliphatic carbocycles. The fraction of sp³-hybridized carbons (Fsp3) is 1.00. The summed E-state index contributed by atoms with van der Waals surface area (Å²) >= 11 is 0. The van der Waals surface area contributed by atoms with Crippen molar-refractivity contribution in [1.29, 1.82) is 0 Å². The van der Waals surface area contributed by atoms with Crippen molar-refractivity contribution < 1.29 is 0 Å².